The number of rotatable bonds is 7. The maximum absolute atomic E-state index is 12.8. The molecule has 4 N–H and O–H groups in total. The summed E-state index contributed by atoms with van der Waals surface area (Å²) < 4.78 is 5.48. The molecule has 0 aliphatic heterocycles. The maximum Gasteiger partial charge on any atom is 0.249 e. The number of ether oxygens (including phenoxy) is 1. The monoisotopic (exact) mass is 454 g/mol. The predicted molar refractivity (Wildman–Crippen MR) is 126 cm³/mol. The zero-order valence-electron chi connectivity index (χ0n) is 18.3. The zero-order valence-corrected chi connectivity index (χ0v) is 19.1. The summed E-state index contributed by atoms with van der Waals surface area (Å²) in [6.07, 6.45) is 4.91. The van der Waals surface area contributed by atoms with Crippen LogP contribution in [0.4, 0.5) is 17.2 Å². The smallest absolute Gasteiger partial charge is 0.249 e. The first-order chi connectivity index (χ1) is 15.5. The molecular formula is C22H26N6O3S. The first-order valence-corrected chi connectivity index (χ1v) is 11.2. The molecule has 0 radical (unpaired) electrons. The van der Waals surface area contributed by atoms with E-state index in [2.05, 4.69) is 15.3 Å². The number of aryl methyl sites for hydroxylation is 1. The van der Waals surface area contributed by atoms with E-state index in [1.54, 1.807) is 30.6 Å². The van der Waals surface area contributed by atoms with Crippen molar-refractivity contribution in [3.05, 3.63) is 34.5 Å². The molecule has 0 fully saturated rings. The number of aromatic nitrogens is 2. The van der Waals surface area contributed by atoms with E-state index in [9.17, 15) is 4.79 Å². The van der Waals surface area contributed by atoms with Crippen LogP contribution in [0.2, 0.25) is 0 Å². The SMILES string of the molecule is CCN(OC)C(=O)[C@H]1CCc2c(sc3ncnc(Nc4cc(C=N)c(N)cc4OC)c23)C1. The fraction of sp³-hybridized carbons (Fsp3) is 0.364. The van der Waals surface area contributed by atoms with E-state index in [1.165, 1.54) is 30.3 Å². The van der Waals surface area contributed by atoms with E-state index in [0.29, 0.717) is 41.5 Å². The summed E-state index contributed by atoms with van der Waals surface area (Å²) in [7, 11) is 3.10. The van der Waals surface area contributed by atoms with Crippen LogP contribution >= 0.6 is 11.3 Å². The van der Waals surface area contributed by atoms with Gasteiger partial charge in [-0.05, 0) is 37.8 Å². The number of anilines is 3. The number of nitrogens with one attached hydrogen (secondary N) is 2. The number of nitrogen functional groups attached to an aromatic ring is 1. The minimum Gasteiger partial charge on any atom is -0.494 e. The standard InChI is InChI=1S/C22H26N6O3S/c1-4-28(31-3)22(29)12-5-6-14-18(8-12)32-21-19(14)20(25-11-26-21)27-16-7-13(10-23)15(24)9-17(16)30-2/h7,9-12,23H,4-6,8,24H2,1-3H3,(H,25,26,27)/t12-/m0/s1. The highest BCUT2D eigenvalue weighted by Gasteiger charge is 2.31. The number of thiophene rings is 1. The first kappa shape index (κ1) is 22.0. The Morgan fingerprint density at radius 2 is 2.22 bits per heavy atom. The molecule has 3 aromatic rings. The van der Waals surface area contributed by atoms with Gasteiger partial charge in [0.15, 0.2) is 0 Å². The molecule has 1 atom stereocenters. The normalized spacial score (nSPS) is 15.3. The van der Waals surface area contributed by atoms with E-state index < -0.39 is 0 Å². The average molecular weight is 455 g/mol. The van der Waals surface area contributed by atoms with Crippen molar-refractivity contribution in [1.29, 1.82) is 5.41 Å². The van der Waals surface area contributed by atoms with Gasteiger partial charge in [-0.3, -0.25) is 9.63 Å². The van der Waals surface area contributed by atoms with Gasteiger partial charge in [-0.15, -0.1) is 11.3 Å². The molecule has 2 aromatic heterocycles. The van der Waals surface area contributed by atoms with Crippen LogP contribution < -0.4 is 15.8 Å². The molecule has 1 aromatic carbocycles. The summed E-state index contributed by atoms with van der Waals surface area (Å²) in [5.41, 5.74) is 8.90. The predicted octanol–water partition coefficient (Wildman–Crippen LogP) is 3.54. The summed E-state index contributed by atoms with van der Waals surface area (Å²) in [5, 5.41) is 13.3. The molecule has 1 aliphatic rings. The van der Waals surface area contributed by atoms with Crippen LogP contribution in [0.5, 0.6) is 5.75 Å². The van der Waals surface area contributed by atoms with Gasteiger partial charge in [-0.1, -0.05) is 0 Å². The van der Waals surface area contributed by atoms with E-state index in [-0.39, 0.29) is 11.8 Å². The van der Waals surface area contributed by atoms with Gasteiger partial charge in [-0.2, -0.15) is 0 Å². The summed E-state index contributed by atoms with van der Waals surface area (Å²) >= 11 is 1.60. The lowest BCUT2D eigenvalue weighted by molar-refractivity contribution is -0.179. The molecule has 10 heteroatoms. The number of hydroxylamine groups is 2. The van der Waals surface area contributed by atoms with Crippen LogP contribution in [0, 0.1) is 11.3 Å². The number of hydrogen-bond donors (Lipinski definition) is 3. The van der Waals surface area contributed by atoms with E-state index >= 15 is 0 Å². The van der Waals surface area contributed by atoms with Gasteiger partial charge in [0.1, 0.15) is 22.7 Å². The lowest BCUT2D eigenvalue weighted by Crippen LogP contribution is -2.37. The molecular weight excluding hydrogens is 428 g/mol. The third kappa shape index (κ3) is 3.87. The quantitative estimate of drug-likeness (QED) is 0.283. The van der Waals surface area contributed by atoms with Gasteiger partial charge in [0, 0.05) is 40.9 Å². The summed E-state index contributed by atoms with van der Waals surface area (Å²) in [4.78, 5) is 29.0. The summed E-state index contributed by atoms with van der Waals surface area (Å²) in [6.45, 7) is 2.42. The second-order valence-electron chi connectivity index (χ2n) is 7.51. The second-order valence-corrected chi connectivity index (χ2v) is 8.60. The lowest BCUT2D eigenvalue weighted by Gasteiger charge is -2.26. The Morgan fingerprint density at radius 1 is 1.41 bits per heavy atom. The van der Waals surface area contributed by atoms with E-state index in [4.69, 9.17) is 20.7 Å². The van der Waals surface area contributed by atoms with Gasteiger partial charge < -0.3 is 21.2 Å². The Hall–Kier alpha value is -3.24. The molecule has 0 saturated carbocycles. The largest absolute Gasteiger partial charge is 0.494 e. The number of carbonyl (C=O) groups is 1. The average Bonchev–Trinajstić information content (AvgIpc) is 3.19. The van der Waals surface area contributed by atoms with Crippen molar-refractivity contribution in [2.75, 3.05) is 31.8 Å². The molecule has 32 heavy (non-hydrogen) atoms. The van der Waals surface area contributed by atoms with Crippen LogP contribution in [-0.4, -0.2) is 47.9 Å². The van der Waals surface area contributed by atoms with Gasteiger partial charge in [0.2, 0.25) is 5.91 Å². The molecule has 0 unspecified atom stereocenters. The Labute approximate surface area is 190 Å². The van der Waals surface area contributed by atoms with Crippen molar-refractivity contribution in [1.82, 2.24) is 15.0 Å². The highest BCUT2D eigenvalue weighted by molar-refractivity contribution is 7.19. The molecule has 1 aliphatic carbocycles. The number of carbonyl (C=O) groups excluding carboxylic acids is 1. The Bertz CT molecular complexity index is 1170. The first-order valence-electron chi connectivity index (χ1n) is 10.4. The Morgan fingerprint density at radius 3 is 2.91 bits per heavy atom. The van der Waals surface area contributed by atoms with Crippen molar-refractivity contribution in [2.24, 2.45) is 5.92 Å². The minimum atomic E-state index is -0.104. The van der Waals surface area contributed by atoms with E-state index in [1.807, 2.05) is 6.92 Å². The van der Waals surface area contributed by atoms with Gasteiger partial charge in [-0.25, -0.2) is 15.0 Å². The topological polar surface area (TPSA) is 126 Å². The summed E-state index contributed by atoms with van der Waals surface area (Å²) in [5.74, 6) is 1.15. The van der Waals surface area contributed by atoms with Crippen LogP contribution in [0.3, 0.4) is 0 Å². The van der Waals surface area contributed by atoms with E-state index in [0.717, 1.165) is 27.9 Å². The highest BCUT2D eigenvalue weighted by Crippen LogP contribution is 2.41. The molecule has 0 bridgehead atoms. The third-order valence-electron chi connectivity index (χ3n) is 5.76. The van der Waals surface area contributed by atoms with Crippen molar-refractivity contribution in [2.45, 2.75) is 26.2 Å². The molecule has 4 rings (SSSR count). The number of benzene rings is 1. The van der Waals surface area contributed by atoms with Crippen molar-refractivity contribution in [3.8, 4) is 5.75 Å². The van der Waals surface area contributed by atoms with Crippen LogP contribution in [0.25, 0.3) is 10.2 Å². The second kappa shape index (κ2) is 9.09. The molecule has 9 nitrogen and oxygen atoms in total. The molecule has 168 valence electrons. The minimum absolute atomic E-state index is 0.0216. The van der Waals surface area contributed by atoms with Crippen molar-refractivity contribution < 1.29 is 14.4 Å². The highest BCUT2D eigenvalue weighted by atomic mass is 32.1. The zero-order chi connectivity index (χ0) is 22.8. The maximum atomic E-state index is 12.8. The molecule has 1 amide bonds. The van der Waals surface area contributed by atoms with Gasteiger partial charge in [0.25, 0.3) is 0 Å². The number of nitrogens with two attached hydrogens (primary N) is 1. The Balaban J connectivity index is 1.70. The third-order valence-corrected chi connectivity index (χ3v) is 6.92. The molecule has 2 heterocycles. The number of fused-ring (bicyclic) bond motifs is 3. The van der Waals surface area contributed by atoms with Crippen LogP contribution in [-0.2, 0) is 22.5 Å². The molecule has 0 saturated heterocycles. The number of methoxy groups -OCH3 is 1. The van der Waals surface area contributed by atoms with Crippen molar-refractivity contribution >= 4 is 50.9 Å². The number of amides is 1. The summed E-state index contributed by atoms with van der Waals surface area (Å²) in [6, 6.07) is 3.46. The van der Waals surface area contributed by atoms with Crippen LogP contribution in [0.1, 0.15) is 29.3 Å². The number of nitrogens with zero attached hydrogens (tertiary/aromatic N) is 3. The fourth-order valence-electron chi connectivity index (χ4n) is 4.13. The van der Waals surface area contributed by atoms with Gasteiger partial charge >= 0.3 is 0 Å². The Kier molecular flexibility index (Phi) is 6.24. The number of hydrogen-bond acceptors (Lipinski definition) is 9. The fourth-order valence-corrected chi connectivity index (χ4v) is 5.39. The van der Waals surface area contributed by atoms with Crippen molar-refractivity contribution in [3.63, 3.8) is 0 Å². The molecule has 0 spiro atoms. The van der Waals surface area contributed by atoms with Gasteiger partial charge in [0.05, 0.1) is 25.3 Å². The lowest BCUT2D eigenvalue weighted by atomic mass is 9.87. The van der Waals surface area contributed by atoms with Crippen LogP contribution in [0.15, 0.2) is 18.5 Å².